The summed E-state index contributed by atoms with van der Waals surface area (Å²) in [5.41, 5.74) is 0. The second-order valence-corrected chi connectivity index (χ2v) is 13.5. The third-order valence-corrected chi connectivity index (χ3v) is 10.6. The first-order valence-corrected chi connectivity index (χ1v) is 12.3. The van der Waals surface area contributed by atoms with Crippen molar-refractivity contribution >= 4 is 18.7 Å². The quantitative estimate of drug-likeness (QED) is 0.491. The Balaban J connectivity index is 2.01. The van der Waals surface area contributed by atoms with E-state index in [1.54, 1.807) is 0 Å². The summed E-state index contributed by atoms with van der Waals surface area (Å²) in [5, 5.41) is 2.49. The van der Waals surface area contributed by atoms with E-state index in [4.69, 9.17) is 13.9 Å². The molecule has 1 fully saturated rings. The molecule has 0 amide bonds. The van der Waals surface area contributed by atoms with Crippen LogP contribution in [-0.2, 0) is 13.9 Å². The SMILES string of the molecule is C=CC[C@@H]1OC(C)(C)O[C@H]1CO[Si](c1ccccc1)(c1ccccc1)C(C)(C)C. The molecule has 1 heterocycles. The Kier molecular flexibility index (Phi) is 6.49. The fourth-order valence-electron chi connectivity index (χ4n) is 4.38. The van der Waals surface area contributed by atoms with Crippen LogP contribution in [0.5, 0.6) is 0 Å². The molecular weight excluding hydrogens is 376 g/mol. The van der Waals surface area contributed by atoms with Crippen LogP contribution in [0.25, 0.3) is 0 Å². The van der Waals surface area contributed by atoms with Gasteiger partial charge < -0.3 is 13.9 Å². The lowest BCUT2D eigenvalue weighted by Gasteiger charge is -2.43. The van der Waals surface area contributed by atoms with E-state index < -0.39 is 14.1 Å². The first-order valence-electron chi connectivity index (χ1n) is 10.4. The second-order valence-electron chi connectivity index (χ2n) is 9.21. The summed E-state index contributed by atoms with van der Waals surface area (Å²) in [4.78, 5) is 0. The van der Waals surface area contributed by atoms with Crippen molar-refractivity contribution < 1.29 is 13.9 Å². The van der Waals surface area contributed by atoms with Gasteiger partial charge in [0, 0.05) is 0 Å². The van der Waals surface area contributed by atoms with Crippen LogP contribution in [0.1, 0.15) is 41.0 Å². The zero-order valence-corrected chi connectivity index (χ0v) is 19.4. The zero-order valence-electron chi connectivity index (χ0n) is 18.4. The van der Waals surface area contributed by atoms with Gasteiger partial charge in [0.25, 0.3) is 8.32 Å². The number of rotatable bonds is 7. The Labute approximate surface area is 176 Å². The van der Waals surface area contributed by atoms with Crippen molar-refractivity contribution in [1.29, 1.82) is 0 Å². The van der Waals surface area contributed by atoms with Crippen LogP contribution in [-0.4, -0.2) is 32.9 Å². The van der Waals surface area contributed by atoms with E-state index in [1.807, 2.05) is 19.9 Å². The largest absolute Gasteiger partial charge is 0.405 e. The number of benzene rings is 2. The molecule has 1 aliphatic heterocycles. The highest BCUT2D eigenvalue weighted by molar-refractivity contribution is 6.99. The molecule has 0 radical (unpaired) electrons. The van der Waals surface area contributed by atoms with E-state index >= 15 is 0 Å². The standard InChI is InChI=1S/C25H34O3Si/c1-7-14-22-23(28-25(5,6)27-22)19-26-29(24(2,3)4,20-15-10-8-11-16-20)21-17-12-9-13-18-21/h7-13,15-18,22-23H,1,14,19H2,2-6H3/t22-,23-/m0/s1. The van der Waals surface area contributed by atoms with Crippen molar-refractivity contribution in [2.45, 2.75) is 64.1 Å². The molecule has 0 unspecified atom stereocenters. The summed E-state index contributed by atoms with van der Waals surface area (Å²) in [7, 11) is -2.58. The van der Waals surface area contributed by atoms with Gasteiger partial charge in [0.2, 0.25) is 0 Å². The van der Waals surface area contributed by atoms with E-state index in [0.717, 1.165) is 6.42 Å². The number of ether oxygens (including phenoxy) is 2. The van der Waals surface area contributed by atoms with Gasteiger partial charge in [-0.15, -0.1) is 6.58 Å². The fraction of sp³-hybridized carbons (Fsp3) is 0.440. The Morgan fingerprint density at radius 3 is 1.86 bits per heavy atom. The van der Waals surface area contributed by atoms with Crippen LogP contribution in [0, 0.1) is 0 Å². The molecule has 156 valence electrons. The minimum atomic E-state index is -2.58. The molecule has 0 spiro atoms. The van der Waals surface area contributed by atoms with Gasteiger partial charge in [0.1, 0.15) is 6.10 Å². The van der Waals surface area contributed by atoms with Crippen molar-refractivity contribution in [3.05, 3.63) is 73.3 Å². The highest BCUT2D eigenvalue weighted by atomic mass is 28.4. The van der Waals surface area contributed by atoms with Crippen LogP contribution in [0.3, 0.4) is 0 Å². The topological polar surface area (TPSA) is 27.7 Å². The normalized spacial score (nSPS) is 21.8. The summed E-state index contributed by atoms with van der Waals surface area (Å²) >= 11 is 0. The molecule has 0 bridgehead atoms. The number of hydrogen-bond acceptors (Lipinski definition) is 3. The van der Waals surface area contributed by atoms with Crippen LogP contribution in [0.4, 0.5) is 0 Å². The van der Waals surface area contributed by atoms with Crippen LogP contribution < -0.4 is 10.4 Å². The molecule has 2 aromatic rings. The van der Waals surface area contributed by atoms with Gasteiger partial charge in [-0.05, 0) is 35.7 Å². The summed E-state index contributed by atoms with van der Waals surface area (Å²) in [6.07, 6.45) is 2.48. The highest BCUT2D eigenvalue weighted by Crippen LogP contribution is 2.38. The van der Waals surface area contributed by atoms with Gasteiger partial charge >= 0.3 is 0 Å². The molecule has 3 nitrogen and oxygen atoms in total. The van der Waals surface area contributed by atoms with Crippen molar-refractivity contribution in [3.8, 4) is 0 Å². The lowest BCUT2D eigenvalue weighted by Crippen LogP contribution is -2.67. The maximum absolute atomic E-state index is 7.02. The molecule has 0 N–H and O–H groups in total. The summed E-state index contributed by atoms with van der Waals surface area (Å²) in [6, 6.07) is 21.4. The average molecular weight is 411 g/mol. The first-order chi connectivity index (χ1) is 13.7. The zero-order chi connectivity index (χ0) is 21.1. The minimum Gasteiger partial charge on any atom is -0.405 e. The molecule has 0 aliphatic carbocycles. The molecule has 0 saturated carbocycles. The lowest BCUT2D eigenvalue weighted by molar-refractivity contribution is -0.148. The maximum Gasteiger partial charge on any atom is 0.261 e. The average Bonchev–Trinajstić information content (AvgIpc) is 2.97. The van der Waals surface area contributed by atoms with E-state index in [-0.39, 0.29) is 17.2 Å². The molecule has 1 aliphatic rings. The Morgan fingerprint density at radius 1 is 0.931 bits per heavy atom. The smallest absolute Gasteiger partial charge is 0.261 e. The van der Waals surface area contributed by atoms with Gasteiger partial charge in [-0.2, -0.15) is 0 Å². The van der Waals surface area contributed by atoms with Gasteiger partial charge in [0.15, 0.2) is 5.79 Å². The van der Waals surface area contributed by atoms with Gasteiger partial charge in [-0.1, -0.05) is 87.5 Å². The summed E-state index contributed by atoms with van der Waals surface area (Å²) in [5.74, 6) is -0.604. The molecule has 4 heteroatoms. The van der Waals surface area contributed by atoms with E-state index in [0.29, 0.717) is 6.61 Å². The van der Waals surface area contributed by atoms with Crippen molar-refractivity contribution in [2.75, 3.05) is 6.61 Å². The van der Waals surface area contributed by atoms with Crippen LogP contribution in [0.15, 0.2) is 73.3 Å². The molecule has 29 heavy (non-hydrogen) atoms. The number of hydrogen-bond donors (Lipinski definition) is 0. The second kappa shape index (κ2) is 8.56. The summed E-state index contributed by atoms with van der Waals surface area (Å²) in [6.45, 7) is 15.2. The predicted octanol–water partition coefficient (Wildman–Crippen LogP) is 4.66. The minimum absolute atomic E-state index is 0.0410. The van der Waals surface area contributed by atoms with Crippen LogP contribution >= 0.6 is 0 Å². The van der Waals surface area contributed by atoms with Crippen molar-refractivity contribution in [3.63, 3.8) is 0 Å². The fourth-order valence-corrected chi connectivity index (χ4v) is 8.95. The molecule has 3 rings (SSSR count). The molecule has 2 atom stereocenters. The monoisotopic (exact) mass is 410 g/mol. The van der Waals surface area contributed by atoms with E-state index in [9.17, 15) is 0 Å². The highest BCUT2D eigenvalue weighted by Gasteiger charge is 2.51. The Morgan fingerprint density at radius 2 is 1.41 bits per heavy atom. The Bertz CT molecular complexity index is 756. The van der Waals surface area contributed by atoms with Gasteiger partial charge in [-0.3, -0.25) is 0 Å². The third-order valence-electron chi connectivity index (χ3n) is 5.56. The Hall–Kier alpha value is -1.72. The molecule has 0 aromatic heterocycles. The van der Waals surface area contributed by atoms with Crippen molar-refractivity contribution in [1.82, 2.24) is 0 Å². The van der Waals surface area contributed by atoms with Crippen molar-refractivity contribution in [2.24, 2.45) is 0 Å². The molecule has 2 aromatic carbocycles. The summed E-state index contributed by atoms with van der Waals surface area (Å²) < 4.78 is 19.3. The molecule has 1 saturated heterocycles. The third kappa shape index (κ3) is 4.56. The lowest BCUT2D eigenvalue weighted by atomic mass is 10.1. The predicted molar refractivity (Wildman–Crippen MR) is 122 cm³/mol. The van der Waals surface area contributed by atoms with Crippen LogP contribution in [0.2, 0.25) is 5.04 Å². The van der Waals surface area contributed by atoms with E-state index in [1.165, 1.54) is 10.4 Å². The van der Waals surface area contributed by atoms with Gasteiger partial charge in [0.05, 0.1) is 12.7 Å². The van der Waals surface area contributed by atoms with E-state index in [2.05, 4.69) is 88.0 Å². The maximum atomic E-state index is 7.02. The first kappa shape index (κ1) is 22.0. The molecular formula is C25H34O3Si. The van der Waals surface area contributed by atoms with Gasteiger partial charge in [-0.25, -0.2) is 0 Å².